The summed E-state index contributed by atoms with van der Waals surface area (Å²) in [6.07, 6.45) is -4.95. The molecular formula is C21H23F3O5S2. The number of hydrogen-bond donors (Lipinski definition) is 1. The van der Waals surface area contributed by atoms with Crippen molar-refractivity contribution in [2.24, 2.45) is 0 Å². The van der Waals surface area contributed by atoms with E-state index >= 15 is 0 Å². The topological polar surface area (TPSA) is 65.0 Å². The van der Waals surface area contributed by atoms with Gasteiger partial charge in [-0.15, -0.1) is 36.7 Å². The molecule has 0 unspecified atom stereocenters. The van der Waals surface area contributed by atoms with Gasteiger partial charge in [0.2, 0.25) is 0 Å². The van der Waals surface area contributed by atoms with Crippen LogP contribution in [-0.2, 0) is 9.53 Å². The lowest BCUT2D eigenvalue weighted by Gasteiger charge is -2.18. The van der Waals surface area contributed by atoms with E-state index in [0.717, 1.165) is 15.4 Å². The number of carbonyl (C=O) groups is 1. The Hall–Kier alpha value is -2.04. The number of alkyl halides is 3. The van der Waals surface area contributed by atoms with Crippen molar-refractivity contribution < 1.29 is 37.3 Å². The first-order chi connectivity index (χ1) is 14.7. The Bertz CT molecular complexity index is 844. The Morgan fingerprint density at radius 1 is 1.10 bits per heavy atom. The van der Waals surface area contributed by atoms with Crippen LogP contribution in [-0.4, -0.2) is 48.3 Å². The van der Waals surface area contributed by atoms with Crippen molar-refractivity contribution >= 4 is 29.5 Å². The quantitative estimate of drug-likeness (QED) is 0.397. The Morgan fingerprint density at radius 2 is 1.77 bits per heavy atom. The molecule has 1 atom stereocenters. The number of benzene rings is 2. The number of carboxylic acid groups (broad SMARTS) is 1. The molecule has 170 valence electrons. The molecule has 0 aliphatic heterocycles. The second-order valence-corrected chi connectivity index (χ2v) is 8.44. The Kier molecular flexibility index (Phi) is 9.86. The summed E-state index contributed by atoms with van der Waals surface area (Å²) >= 11 is 2.87. The maximum absolute atomic E-state index is 12.2. The predicted molar refractivity (Wildman–Crippen MR) is 114 cm³/mol. The van der Waals surface area contributed by atoms with Gasteiger partial charge in [0, 0.05) is 22.2 Å². The molecule has 1 N–H and O–H groups in total. The van der Waals surface area contributed by atoms with Gasteiger partial charge in [-0.1, -0.05) is 0 Å². The summed E-state index contributed by atoms with van der Waals surface area (Å²) in [6, 6.07) is 11.0. The molecule has 0 aromatic heterocycles. The number of aryl methyl sites for hydroxylation is 1. The highest BCUT2D eigenvalue weighted by Gasteiger charge is 2.31. The Labute approximate surface area is 187 Å². The van der Waals surface area contributed by atoms with E-state index in [4.69, 9.17) is 14.6 Å². The van der Waals surface area contributed by atoms with Crippen LogP contribution < -0.4 is 9.47 Å². The van der Waals surface area contributed by atoms with Crippen molar-refractivity contribution in [1.82, 2.24) is 0 Å². The van der Waals surface area contributed by atoms with Crippen LogP contribution in [0.1, 0.15) is 12.5 Å². The molecule has 0 radical (unpaired) electrons. The van der Waals surface area contributed by atoms with Gasteiger partial charge in [0.15, 0.2) is 0 Å². The molecule has 0 heterocycles. The van der Waals surface area contributed by atoms with E-state index in [1.54, 1.807) is 11.8 Å². The zero-order chi connectivity index (χ0) is 22.9. The smallest absolute Gasteiger partial charge is 0.491 e. The first-order valence-electron chi connectivity index (χ1n) is 9.34. The summed E-state index contributed by atoms with van der Waals surface area (Å²) in [5, 5.41) is 8.81. The van der Waals surface area contributed by atoms with Crippen LogP contribution in [0.5, 0.6) is 11.5 Å². The summed E-state index contributed by atoms with van der Waals surface area (Å²) in [5.74, 6) is -0.119. The number of aliphatic carboxylic acids is 1. The monoisotopic (exact) mass is 476 g/mol. The molecule has 2 aromatic rings. The molecule has 0 aliphatic rings. The van der Waals surface area contributed by atoms with E-state index in [-0.39, 0.29) is 24.2 Å². The van der Waals surface area contributed by atoms with Gasteiger partial charge >= 0.3 is 12.3 Å². The molecule has 0 bridgehead atoms. The molecule has 0 saturated carbocycles. The standard InChI is InChI=1S/C21H23F3O5S2/c1-3-27-17(11-28-15-4-6-16(7-5-15)29-21(22,23)24)12-30-18-8-9-19(14(2)10-18)31-13-20(25)26/h4-10,17H,3,11-13H2,1-2H3,(H,25,26)/t17-/m1/s1. The van der Waals surface area contributed by atoms with Crippen molar-refractivity contribution in [3.8, 4) is 11.5 Å². The molecule has 0 aliphatic carbocycles. The van der Waals surface area contributed by atoms with Gasteiger partial charge in [-0.25, -0.2) is 0 Å². The van der Waals surface area contributed by atoms with Crippen LogP contribution in [0.15, 0.2) is 52.3 Å². The van der Waals surface area contributed by atoms with E-state index in [1.165, 1.54) is 36.0 Å². The fourth-order valence-corrected chi connectivity index (χ4v) is 4.23. The van der Waals surface area contributed by atoms with Crippen LogP contribution in [0.3, 0.4) is 0 Å². The summed E-state index contributed by atoms with van der Waals surface area (Å²) < 4.78 is 51.9. The highest BCUT2D eigenvalue weighted by Crippen LogP contribution is 2.29. The number of rotatable bonds is 12. The second-order valence-electron chi connectivity index (χ2n) is 6.33. The fourth-order valence-electron chi connectivity index (χ4n) is 2.51. The first kappa shape index (κ1) is 25.2. The van der Waals surface area contributed by atoms with Crippen LogP contribution in [0.25, 0.3) is 0 Å². The minimum atomic E-state index is -4.73. The molecule has 2 aromatic carbocycles. The number of carboxylic acids is 1. The highest BCUT2D eigenvalue weighted by atomic mass is 32.2. The van der Waals surface area contributed by atoms with Gasteiger partial charge in [-0.05, 0) is 61.9 Å². The molecule has 31 heavy (non-hydrogen) atoms. The normalized spacial score (nSPS) is 12.4. The molecule has 0 fully saturated rings. The third-order valence-electron chi connectivity index (χ3n) is 3.83. The molecular weight excluding hydrogens is 453 g/mol. The third-order valence-corrected chi connectivity index (χ3v) is 6.12. The van der Waals surface area contributed by atoms with Gasteiger partial charge in [0.05, 0.1) is 5.75 Å². The maximum atomic E-state index is 12.2. The summed E-state index contributed by atoms with van der Waals surface area (Å²) in [5.41, 5.74) is 1.00. The molecule has 10 heteroatoms. The van der Waals surface area contributed by atoms with E-state index in [0.29, 0.717) is 18.1 Å². The van der Waals surface area contributed by atoms with Crippen molar-refractivity contribution in [2.75, 3.05) is 24.7 Å². The summed E-state index contributed by atoms with van der Waals surface area (Å²) in [6.45, 7) is 4.55. The lowest BCUT2D eigenvalue weighted by Crippen LogP contribution is -2.24. The largest absolute Gasteiger partial charge is 0.573 e. The van der Waals surface area contributed by atoms with Crippen LogP contribution in [0, 0.1) is 6.92 Å². The fraction of sp³-hybridized carbons (Fsp3) is 0.381. The van der Waals surface area contributed by atoms with Crippen molar-refractivity contribution in [2.45, 2.75) is 36.1 Å². The predicted octanol–water partition coefficient (Wildman–Crippen LogP) is 5.65. The highest BCUT2D eigenvalue weighted by molar-refractivity contribution is 8.00. The zero-order valence-electron chi connectivity index (χ0n) is 17.0. The van der Waals surface area contributed by atoms with E-state index < -0.39 is 12.3 Å². The van der Waals surface area contributed by atoms with Crippen molar-refractivity contribution in [3.05, 3.63) is 48.0 Å². The zero-order valence-corrected chi connectivity index (χ0v) is 18.6. The molecule has 2 rings (SSSR count). The van der Waals surface area contributed by atoms with Gasteiger partial charge in [-0.3, -0.25) is 4.79 Å². The number of ether oxygens (including phenoxy) is 3. The van der Waals surface area contributed by atoms with Crippen molar-refractivity contribution in [3.63, 3.8) is 0 Å². The number of hydrogen-bond acceptors (Lipinski definition) is 6. The van der Waals surface area contributed by atoms with Gasteiger partial charge in [0.25, 0.3) is 0 Å². The lowest BCUT2D eigenvalue weighted by molar-refractivity contribution is -0.274. The minimum Gasteiger partial charge on any atom is -0.491 e. The summed E-state index contributed by atoms with van der Waals surface area (Å²) in [4.78, 5) is 12.7. The van der Waals surface area contributed by atoms with Crippen LogP contribution >= 0.6 is 23.5 Å². The Balaban J connectivity index is 1.87. The molecule has 0 amide bonds. The van der Waals surface area contributed by atoms with Gasteiger partial charge in [-0.2, -0.15) is 0 Å². The first-order valence-corrected chi connectivity index (χ1v) is 11.3. The minimum absolute atomic E-state index is 0.0143. The summed E-state index contributed by atoms with van der Waals surface area (Å²) in [7, 11) is 0. The van der Waals surface area contributed by atoms with Gasteiger partial charge < -0.3 is 19.3 Å². The van der Waals surface area contributed by atoms with Crippen LogP contribution in [0.2, 0.25) is 0 Å². The third kappa shape index (κ3) is 9.75. The lowest BCUT2D eigenvalue weighted by atomic mass is 10.2. The number of halogens is 3. The van der Waals surface area contributed by atoms with Gasteiger partial charge in [0.1, 0.15) is 24.2 Å². The van der Waals surface area contributed by atoms with E-state index in [9.17, 15) is 18.0 Å². The van der Waals surface area contributed by atoms with E-state index in [1.807, 2.05) is 32.0 Å². The average molecular weight is 477 g/mol. The average Bonchev–Trinajstić information content (AvgIpc) is 2.69. The van der Waals surface area contributed by atoms with E-state index in [2.05, 4.69) is 4.74 Å². The SMILES string of the molecule is CCO[C@H](COc1ccc(OC(F)(F)F)cc1)CSc1ccc(SCC(=O)O)c(C)c1. The van der Waals surface area contributed by atoms with Crippen molar-refractivity contribution in [1.29, 1.82) is 0 Å². The Morgan fingerprint density at radius 3 is 2.35 bits per heavy atom. The molecule has 0 saturated heterocycles. The number of thioether (sulfide) groups is 2. The second kappa shape index (κ2) is 12.1. The molecule has 0 spiro atoms. The van der Waals surface area contributed by atoms with Crippen LogP contribution in [0.4, 0.5) is 13.2 Å². The maximum Gasteiger partial charge on any atom is 0.573 e. The molecule has 5 nitrogen and oxygen atoms in total.